The summed E-state index contributed by atoms with van der Waals surface area (Å²) in [6.07, 6.45) is 3.41. The predicted octanol–water partition coefficient (Wildman–Crippen LogP) is 0.0797. The summed E-state index contributed by atoms with van der Waals surface area (Å²) in [7, 11) is 3.16. The summed E-state index contributed by atoms with van der Waals surface area (Å²) >= 11 is 0. The zero-order valence-corrected chi connectivity index (χ0v) is 9.54. The number of carboxylic acids is 1. The summed E-state index contributed by atoms with van der Waals surface area (Å²) in [4.78, 5) is 28.0. The normalized spacial score (nSPS) is 12.2. The van der Waals surface area contributed by atoms with E-state index in [9.17, 15) is 9.59 Å². The van der Waals surface area contributed by atoms with Crippen LogP contribution in [0, 0.1) is 0 Å². The first kappa shape index (κ1) is 12.2. The summed E-state index contributed by atoms with van der Waals surface area (Å²) in [5, 5.41) is 8.99. The molecule has 1 N–H and O–H groups in total. The van der Waals surface area contributed by atoms with Gasteiger partial charge in [0.05, 0.1) is 0 Å². The lowest BCUT2D eigenvalue weighted by Crippen LogP contribution is -2.42. The van der Waals surface area contributed by atoms with Crippen LogP contribution in [-0.2, 0) is 11.8 Å². The van der Waals surface area contributed by atoms with Crippen LogP contribution in [0.4, 0.5) is 5.82 Å². The average molecular weight is 225 g/mol. The Morgan fingerprint density at radius 1 is 1.69 bits per heavy atom. The van der Waals surface area contributed by atoms with Crippen LogP contribution < -0.4 is 10.5 Å². The van der Waals surface area contributed by atoms with Gasteiger partial charge in [-0.15, -0.1) is 0 Å². The molecular weight excluding hydrogens is 210 g/mol. The van der Waals surface area contributed by atoms with Crippen molar-refractivity contribution in [3.8, 4) is 0 Å². The molecule has 1 atom stereocenters. The third kappa shape index (κ3) is 2.21. The van der Waals surface area contributed by atoms with Crippen molar-refractivity contribution in [3.05, 3.63) is 22.7 Å². The number of carboxylic acid groups (broad SMARTS) is 1. The highest BCUT2D eigenvalue weighted by atomic mass is 16.4. The van der Waals surface area contributed by atoms with Crippen LogP contribution in [0.5, 0.6) is 0 Å². The second-order valence-corrected chi connectivity index (χ2v) is 3.54. The Morgan fingerprint density at radius 2 is 2.31 bits per heavy atom. The maximum atomic E-state index is 11.7. The molecule has 0 aliphatic rings. The van der Waals surface area contributed by atoms with E-state index in [0.29, 0.717) is 6.42 Å². The first-order valence-corrected chi connectivity index (χ1v) is 4.96. The van der Waals surface area contributed by atoms with Gasteiger partial charge in [-0.25, -0.2) is 9.78 Å². The Hall–Kier alpha value is -1.85. The number of hydrogen-bond donors (Lipinski definition) is 1. The zero-order valence-electron chi connectivity index (χ0n) is 9.54. The minimum Gasteiger partial charge on any atom is -0.480 e. The maximum Gasteiger partial charge on any atom is 0.326 e. The number of aromatic nitrogens is 2. The molecule has 16 heavy (non-hydrogen) atoms. The highest BCUT2D eigenvalue weighted by Crippen LogP contribution is 2.08. The van der Waals surface area contributed by atoms with E-state index in [1.165, 1.54) is 21.9 Å². The molecule has 0 bridgehead atoms. The van der Waals surface area contributed by atoms with Crippen molar-refractivity contribution in [1.29, 1.82) is 0 Å². The van der Waals surface area contributed by atoms with Gasteiger partial charge in [0.2, 0.25) is 0 Å². The standard InChI is InChI=1S/C10H15N3O3/c1-4-7(10(15)16)13(3)8-9(14)12(2)6-5-11-8/h5-7H,4H2,1-3H3,(H,15,16). The van der Waals surface area contributed by atoms with Crippen LogP contribution in [0.3, 0.4) is 0 Å². The van der Waals surface area contributed by atoms with E-state index in [4.69, 9.17) is 5.11 Å². The van der Waals surface area contributed by atoms with Gasteiger partial charge in [0, 0.05) is 26.5 Å². The van der Waals surface area contributed by atoms with Crippen molar-refractivity contribution in [3.63, 3.8) is 0 Å². The molecule has 1 aromatic heterocycles. The summed E-state index contributed by atoms with van der Waals surface area (Å²) in [6.45, 7) is 1.75. The van der Waals surface area contributed by atoms with Gasteiger partial charge in [-0.2, -0.15) is 0 Å². The fourth-order valence-electron chi connectivity index (χ4n) is 1.49. The maximum absolute atomic E-state index is 11.7. The van der Waals surface area contributed by atoms with E-state index in [1.54, 1.807) is 21.0 Å². The molecule has 0 amide bonds. The molecule has 1 rings (SSSR count). The monoisotopic (exact) mass is 225 g/mol. The number of aliphatic carboxylic acids is 1. The molecule has 0 aromatic carbocycles. The topological polar surface area (TPSA) is 75.4 Å². The molecule has 0 saturated carbocycles. The highest BCUT2D eigenvalue weighted by molar-refractivity contribution is 5.77. The van der Waals surface area contributed by atoms with Gasteiger partial charge >= 0.3 is 5.97 Å². The van der Waals surface area contributed by atoms with Crippen molar-refractivity contribution < 1.29 is 9.90 Å². The number of rotatable bonds is 4. The van der Waals surface area contributed by atoms with Crippen LogP contribution >= 0.6 is 0 Å². The average Bonchev–Trinajstić information content (AvgIpc) is 2.22. The Labute approximate surface area is 93.1 Å². The summed E-state index contributed by atoms with van der Waals surface area (Å²) < 4.78 is 1.37. The molecule has 88 valence electrons. The molecule has 0 saturated heterocycles. The Balaban J connectivity index is 3.13. The minimum atomic E-state index is -0.960. The number of carbonyl (C=O) groups is 1. The lowest BCUT2D eigenvalue weighted by molar-refractivity contribution is -0.138. The first-order chi connectivity index (χ1) is 7.49. The SMILES string of the molecule is CCC(C(=O)O)N(C)c1nccn(C)c1=O. The van der Waals surface area contributed by atoms with E-state index in [0.717, 1.165) is 0 Å². The fourth-order valence-corrected chi connectivity index (χ4v) is 1.49. The molecule has 6 heteroatoms. The molecule has 1 aromatic rings. The second-order valence-electron chi connectivity index (χ2n) is 3.54. The fraction of sp³-hybridized carbons (Fsp3) is 0.500. The van der Waals surface area contributed by atoms with E-state index >= 15 is 0 Å². The van der Waals surface area contributed by atoms with Gasteiger partial charge in [0.15, 0.2) is 5.82 Å². The molecule has 0 aliphatic carbocycles. The molecule has 1 unspecified atom stereocenters. The highest BCUT2D eigenvalue weighted by Gasteiger charge is 2.23. The number of aryl methyl sites for hydroxylation is 1. The lowest BCUT2D eigenvalue weighted by Gasteiger charge is -2.23. The zero-order chi connectivity index (χ0) is 12.3. The van der Waals surface area contributed by atoms with Crippen LogP contribution in [0.25, 0.3) is 0 Å². The molecule has 6 nitrogen and oxygen atoms in total. The van der Waals surface area contributed by atoms with E-state index in [2.05, 4.69) is 4.98 Å². The Morgan fingerprint density at radius 3 is 2.81 bits per heavy atom. The number of nitrogens with zero attached hydrogens (tertiary/aromatic N) is 3. The largest absolute Gasteiger partial charge is 0.480 e. The van der Waals surface area contributed by atoms with Gasteiger partial charge in [-0.3, -0.25) is 4.79 Å². The molecule has 0 aliphatic heterocycles. The van der Waals surface area contributed by atoms with Crippen molar-refractivity contribution in [1.82, 2.24) is 9.55 Å². The van der Waals surface area contributed by atoms with Crippen LogP contribution in [0.15, 0.2) is 17.2 Å². The van der Waals surface area contributed by atoms with Crippen molar-refractivity contribution in [2.45, 2.75) is 19.4 Å². The first-order valence-electron chi connectivity index (χ1n) is 4.96. The number of anilines is 1. The molecule has 1 heterocycles. The molecule has 0 spiro atoms. The molecule has 0 fully saturated rings. The quantitative estimate of drug-likeness (QED) is 0.785. The molecule has 0 radical (unpaired) electrons. The van der Waals surface area contributed by atoms with Gasteiger partial charge in [-0.1, -0.05) is 6.92 Å². The van der Waals surface area contributed by atoms with Crippen molar-refractivity contribution in [2.24, 2.45) is 7.05 Å². The summed E-state index contributed by atoms with van der Waals surface area (Å²) in [6, 6.07) is -0.734. The third-order valence-corrected chi connectivity index (χ3v) is 2.47. The van der Waals surface area contributed by atoms with Gasteiger partial charge in [-0.05, 0) is 6.42 Å². The summed E-state index contributed by atoms with van der Waals surface area (Å²) in [5.74, 6) is -0.808. The number of hydrogen-bond acceptors (Lipinski definition) is 4. The van der Waals surface area contributed by atoms with Gasteiger partial charge in [0.1, 0.15) is 6.04 Å². The smallest absolute Gasteiger partial charge is 0.326 e. The molecular formula is C10H15N3O3. The minimum absolute atomic E-state index is 0.152. The van der Waals surface area contributed by atoms with E-state index in [-0.39, 0.29) is 11.4 Å². The van der Waals surface area contributed by atoms with Crippen molar-refractivity contribution >= 4 is 11.8 Å². The Kier molecular flexibility index (Phi) is 3.65. The van der Waals surface area contributed by atoms with Crippen LogP contribution in [-0.4, -0.2) is 33.7 Å². The van der Waals surface area contributed by atoms with Crippen molar-refractivity contribution in [2.75, 3.05) is 11.9 Å². The lowest BCUT2D eigenvalue weighted by atomic mass is 10.2. The second kappa shape index (κ2) is 4.78. The van der Waals surface area contributed by atoms with E-state index in [1.807, 2.05) is 0 Å². The van der Waals surface area contributed by atoms with Gasteiger partial charge in [0.25, 0.3) is 5.56 Å². The van der Waals surface area contributed by atoms with E-state index < -0.39 is 12.0 Å². The summed E-state index contributed by atoms with van der Waals surface area (Å²) in [5.41, 5.74) is -0.301. The predicted molar refractivity (Wildman–Crippen MR) is 59.6 cm³/mol. The number of likely N-dealkylation sites (N-methyl/N-ethyl adjacent to an activating group) is 1. The van der Waals surface area contributed by atoms with Crippen LogP contribution in [0.2, 0.25) is 0 Å². The van der Waals surface area contributed by atoms with Crippen LogP contribution in [0.1, 0.15) is 13.3 Å². The van der Waals surface area contributed by atoms with Gasteiger partial charge < -0.3 is 14.6 Å². The third-order valence-electron chi connectivity index (χ3n) is 2.47. The Bertz CT molecular complexity index is 441.